The van der Waals surface area contributed by atoms with Gasteiger partial charge in [-0.05, 0) is 31.4 Å². The topological polar surface area (TPSA) is 49.3 Å². The zero-order valence-electron chi connectivity index (χ0n) is 9.23. The van der Waals surface area contributed by atoms with Crippen molar-refractivity contribution >= 4 is 5.97 Å². The normalized spacial score (nSPS) is 25.2. The number of nitrogens with one attached hydrogen (secondary N) is 1. The number of benzene rings is 1. The maximum absolute atomic E-state index is 11.1. The van der Waals surface area contributed by atoms with Gasteiger partial charge in [0.2, 0.25) is 0 Å². The van der Waals surface area contributed by atoms with E-state index in [1.54, 1.807) is 0 Å². The Kier molecular flexibility index (Phi) is 3.57. The van der Waals surface area contributed by atoms with Crippen LogP contribution in [0.1, 0.15) is 18.4 Å². The predicted octanol–water partition coefficient (Wildman–Crippen LogP) is 1.68. The van der Waals surface area contributed by atoms with Crippen LogP contribution in [0.5, 0.6) is 0 Å². The van der Waals surface area contributed by atoms with Crippen LogP contribution in [0.3, 0.4) is 0 Å². The van der Waals surface area contributed by atoms with Crippen LogP contribution in [-0.2, 0) is 11.2 Å². The molecule has 1 aromatic carbocycles. The molecular formula is C13H17NO2. The summed E-state index contributed by atoms with van der Waals surface area (Å²) in [6.45, 7) is 0.932. The second-order valence-corrected chi connectivity index (χ2v) is 4.34. The van der Waals surface area contributed by atoms with Gasteiger partial charge in [0.05, 0.1) is 5.92 Å². The van der Waals surface area contributed by atoms with Gasteiger partial charge in [-0.25, -0.2) is 0 Å². The number of rotatable bonds is 3. The molecule has 0 aromatic heterocycles. The molecule has 1 heterocycles. The van der Waals surface area contributed by atoms with E-state index in [1.165, 1.54) is 5.56 Å². The monoisotopic (exact) mass is 219 g/mol. The first-order valence-corrected chi connectivity index (χ1v) is 5.77. The van der Waals surface area contributed by atoms with Crippen molar-refractivity contribution < 1.29 is 9.90 Å². The fourth-order valence-corrected chi connectivity index (χ4v) is 2.33. The number of hydrogen-bond acceptors (Lipinski definition) is 2. The zero-order valence-corrected chi connectivity index (χ0v) is 9.23. The van der Waals surface area contributed by atoms with Crippen LogP contribution in [0.15, 0.2) is 30.3 Å². The smallest absolute Gasteiger partial charge is 0.308 e. The molecule has 1 aliphatic rings. The maximum atomic E-state index is 11.1. The van der Waals surface area contributed by atoms with Crippen molar-refractivity contribution in [3.05, 3.63) is 35.9 Å². The van der Waals surface area contributed by atoms with Gasteiger partial charge in [-0.15, -0.1) is 0 Å². The highest BCUT2D eigenvalue weighted by Crippen LogP contribution is 2.20. The third-order valence-electron chi connectivity index (χ3n) is 3.20. The van der Waals surface area contributed by atoms with Crippen molar-refractivity contribution in [2.24, 2.45) is 5.92 Å². The minimum Gasteiger partial charge on any atom is -0.481 e. The minimum absolute atomic E-state index is 0.0775. The Morgan fingerprint density at radius 2 is 2.12 bits per heavy atom. The van der Waals surface area contributed by atoms with Crippen molar-refractivity contribution in [3.63, 3.8) is 0 Å². The van der Waals surface area contributed by atoms with E-state index >= 15 is 0 Å². The number of aliphatic carboxylic acids is 1. The summed E-state index contributed by atoms with van der Waals surface area (Å²) in [7, 11) is 0. The molecular weight excluding hydrogens is 202 g/mol. The molecule has 0 unspecified atom stereocenters. The SMILES string of the molecule is O=C(O)[C@H]1CCCN[C@@H]1Cc1ccccc1. The van der Waals surface area contributed by atoms with E-state index in [9.17, 15) is 4.79 Å². The Hall–Kier alpha value is -1.35. The molecule has 0 spiro atoms. The van der Waals surface area contributed by atoms with Crippen molar-refractivity contribution in [1.82, 2.24) is 5.32 Å². The molecule has 0 amide bonds. The van der Waals surface area contributed by atoms with E-state index in [0.29, 0.717) is 0 Å². The summed E-state index contributed by atoms with van der Waals surface area (Å²) >= 11 is 0. The van der Waals surface area contributed by atoms with E-state index in [2.05, 4.69) is 17.4 Å². The van der Waals surface area contributed by atoms with Crippen LogP contribution in [0.2, 0.25) is 0 Å². The Labute approximate surface area is 95.5 Å². The largest absolute Gasteiger partial charge is 0.481 e. The van der Waals surface area contributed by atoms with Crippen LogP contribution in [0.25, 0.3) is 0 Å². The van der Waals surface area contributed by atoms with Crippen LogP contribution in [-0.4, -0.2) is 23.7 Å². The summed E-state index contributed by atoms with van der Waals surface area (Å²) in [5.41, 5.74) is 1.20. The number of piperidine rings is 1. The Morgan fingerprint density at radius 3 is 2.81 bits per heavy atom. The molecule has 2 rings (SSSR count). The minimum atomic E-state index is -0.673. The van der Waals surface area contributed by atoms with Gasteiger partial charge in [0, 0.05) is 6.04 Å². The molecule has 1 aliphatic heterocycles. The van der Waals surface area contributed by atoms with Gasteiger partial charge in [0.1, 0.15) is 0 Å². The van der Waals surface area contributed by atoms with Gasteiger partial charge in [-0.2, -0.15) is 0 Å². The highest BCUT2D eigenvalue weighted by atomic mass is 16.4. The Bertz CT molecular complexity index is 350. The molecule has 0 aliphatic carbocycles. The Balaban J connectivity index is 2.04. The zero-order chi connectivity index (χ0) is 11.4. The lowest BCUT2D eigenvalue weighted by Gasteiger charge is -2.29. The fourth-order valence-electron chi connectivity index (χ4n) is 2.33. The first kappa shape index (κ1) is 11.1. The van der Waals surface area contributed by atoms with Gasteiger partial charge in [0.15, 0.2) is 0 Å². The van der Waals surface area contributed by atoms with Crippen molar-refractivity contribution in [1.29, 1.82) is 0 Å². The predicted molar refractivity (Wildman–Crippen MR) is 62.3 cm³/mol. The molecule has 0 radical (unpaired) electrons. The van der Waals surface area contributed by atoms with E-state index in [1.807, 2.05) is 18.2 Å². The molecule has 3 heteroatoms. The lowest BCUT2D eigenvalue weighted by atomic mass is 9.87. The molecule has 16 heavy (non-hydrogen) atoms. The van der Waals surface area contributed by atoms with Gasteiger partial charge < -0.3 is 10.4 Å². The average molecular weight is 219 g/mol. The molecule has 0 saturated carbocycles. The molecule has 2 atom stereocenters. The molecule has 1 fully saturated rings. The summed E-state index contributed by atoms with van der Waals surface area (Å²) in [6.07, 6.45) is 2.56. The second kappa shape index (κ2) is 5.12. The van der Waals surface area contributed by atoms with Gasteiger partial charge >= 0.3 is 5.97 Å². The number of carboxylic acids is 1. The first-order valence-electron chi connectivity index (χ1n) is 5.77. The van der Waals surface area contributed by atoms with Crippen molar-refractivity contribution in [2.45, 2.75) is 25.3 Å². The van der Waals surface area contributed by atoms with Gasteiger partial charge in [-0.3, -0.25) is 4.79 Å². The molecule has 0 bridgehead atoms. The molecule has 1 aromatic rings. The van der Waals surface area contributed by atoms with Crippen LogP contribution < -0.4 is 5.32 Å². The third-order valence-corrected chi connectivity index (χ3v) is 3.20. The summed E-state index contributed by atoms with van der Waals surface area (Å²) < 4.78 is 0. The lowest BCUT2D eigenvalue weighted by molar-refractivity contribution is -0.143. The summed E-state index contributed by atoms with van der Waals surface area (Å²) in [5.74, 6) is -0.915. The molecule has 1 saturated heterocycles. The van der Waals surface area contributed by atoms with E-state index in [-0.39, 0.29) is 12.0 Å². The maximum Gasteiger partial charge on any atom is 0.308 e. The lowest BCUT2D eigenvalue weighted by Crippen LogP contribution is -2.46. The van der Waals surface area contributed by atoms with E-state index in [0.717, 1.165) is 25.8 Å². The first-order chi connectivity index (χ1) is 7.77. The van der Waals surface area contributed by atoms with Gasteiger partial charge in [-0.1, -0.05) is 30.3 Å². The highest BCUT2D eigenvalue weighted by molar-refractivity contribution is 5.71. The summed E-state index contributed by atoms with van der Waals surface area (Å²) in [5, 5.41) is 12.5. The Morgan fingerprint density at radius 1 is 1.38 bits per heavy atom. The molecule has 2 N–H and O–H groups in total. The fraction of sp³-hybridized carbons (Fsp3) is 0.462. The molecule has 3 nitrogen and oxygen atoms in total. The number of hydrogen-bond donors (Lipinski definition) is 2. The van der Waals surface area contributed by atoms with Crippen molar-refractivity contribution in [3.8, 4) is 0 Å². The second-order valence-electron chi connectivity index (χ2n) is 4.34. The summed E-state index contributed by atoms with van der Waals surface area (Å²) in [6, 6.07) is 10.1. The number of carbonyl (C=O) groups is 1. The highest BCUT2D eigenvalue weighted by Gasteiger charge is 2.30. The van der Waals surface area contributed by atoms with E-state index < -0.39 is 5.97 Å². The van der Waals surface area contributed by atoms with Crippen molar-refractivity contribution in [2.75, 3.05) is 6.54 Å². The van der Waals surface area contributed by atoms with Crippen LogP contribution in [0, 0.1) is 5.92 Å². The van der Waals surface area contributed by atoms with E-state index in [4.69, 9.17) is 5.11 Å². The third kappa shape index (κ3) is 2.61. The number of carboxylic acid groups (broad SMARTS) is 1. The summed E-state index contributed by atoms with van der Waals surface area (Å²) in [4.78, 5) is 11.1. The quantitative estimate of drug-likeness (QED) is 0.813. The van der Waals surface area contributed by atoms with Crippen LogP contribution in [0.4, 0.5) is 0 Å². The van der Waals surface area contributed by atoms with Gasteiger partial charge in [0.25, 0.3) is 0 Å². The van der Waals surface area contributed by atoms with Crippen LogP contribution >= 0.6 is 0 Å². The average Bonchev–Trinajstić information content (AvgIpc) is 2.31. The molecule has 86 valence electrons. The standard InChI is InChI=1S/C13H17NO2/c15-13(16)11-7-4-8-14-12(11)9-10-5-2-1-3-6-10/h1-3,5-6,11-12,14H,4,7-9H2,(H,15,16)/t11-,12+/m0/s1.